The van der Waals surface area contributed by atoms with E-state index in [1.807, 2.05) is 85.9 Å². The van der Waals surface area contributed by atoms with Crippen molar-refractivity contribution in [3.05, 3.63) is 90.0 Å². The topological polar surface area (TPSA) is 104 Å². The number of benzene rings is 3. The van der Waals surface area contributed by atoms with Crippen LogP contribution >= 0.6 is 0 Å². The van der Waals surface area contributed by atoms with E-state index in [1.165, 1.54) is 0 Å². The Hall–Kier alpha value is -4.43. The molecule has 0 saturated carbocycles. The molecule has 0 radical (unpaired) electrons. The van der Waals surface area contributed by atoms with Crippen molar-refractivity contribution < 1.29 is 9.90 Å². The largest absolute Gasteiger partial charge is 0.477 e. The quantitative estimate of drug-likeness (QED) is 0.452. The zero-order chi connectivity index (χ0) is 23.0. The number of carbonyl (C=O) groups is 1. The molecular formula is C25H21N6O2+. The minimum Gasteiger partial charge on any atom is -0.477 e. The average Bonchev–Trinajstić information content (AvgIpc) is 3.46. The molecule has 8 heteroatoms. The summed E-state index contributed by atoms with van der Waals surface area (Å²) in [6.45, 7) is 1.74. The normalized spacial score (nSPS) is 17.8. The van der Waals surface area contributed by atoms with Crippen LogP contribution in [0.25, 0.3) is 28.2 Å². The van der Waals surface area contributed by atoms with Crippen molar-refractivity contribution in [3.63, 3.8) is 0 Å². The summed E-state index contributed by atoms with van der Waals surface area (Å²) >= 11 is 0. The van der Waals surface area contributed by atoms with Gasteiger partial charge in [0, 0.05) is 23.3 Å². The van der Waals surface area contributed by atoms with E-state index >= 15 is 0 Å². The first-order valence-corrected chi connectivity index (χ1v) is 10.4. The second kappa shape index (κ2) is 7.92. The molecule has 1 atom stereocenters. The number of nitrogens with zero attached hydrogens (tertiary/aromatic N) is 5. The minimum absolute atomic E-state index is 0.0357. The molecule has 0 bridgehead atoms. The van der Waals surface area contributed by atoms with Crippen LogP contribution in [-0.4, -0.2) is 44.5 Å². The molecule has 1 aromatic heterocycles. The Bertz CT molecular complexity index is 1390. The lowest BCUT2D eigenvalue weighted by Crippen LogP contribution is -2.35. The maximum absolute atomic E-state index is 12.2. The SMILES string of the molecule is CC1=N[N+](C)(c2ccccc2)C(c2ccc(-c3ccccc3-c3nnn[nH]3)cc2)=C1C(=O)O. The predicted molar refractivity (Wildman–Crippen MR) is 127 cm³/mol. The van der Waals surface area contributed by atoms with E-state index in [2.05, 4.69) is 20.6 Å². The molecule has 1 unspecified atom stereocenters. The number of rotatable bonds is 5. The van der Waals surface area contributed by atoms with Crippen molar-refractivity contribution in [2.75, 3.05) is 7.05 Å². The number of para-hydroxylation sites is 1. The fourth-order valence-corrected chi connectivity index (χ4v) is 4.37. The maximum Gasteiger partial charge on any atom is 0.344 e. The fourth-order valence-electron chi connectivity index (χ4n) is 4.37. The Labute approximate surface area is 190 Å². The highest BCUT2D eigenvalue weighted by Gasteiger charge is 2.44. The molecule has 1 aliphatic rings. The number of carboxylic acid groups (broad SMARTS) is 1. The molecule has 162 valence electrons. The summed E-state index contributed by atoms with van der Waals surface area (Å²) in [7, 11) is 1.91. The van der Waals surface area contributed by atoms with Crippen molar-refractivity contribution in [3.8, 4) is 22.5 Å². The minimum atomic E-state index is -0.990. The molecule has 2 heterocycles. The van der Waals surface area contributed by atoms with Crippen LogP contribution in [0, 0.1) is 0 Å². The van der Waals surface area contributed by atoms with Gasteiger partial charge in [-0.1, -0.05) is 59.7 Å². The number of quaternary nitrogens is 1. The summed E-state index contributed by atoms with van der Waals surface area (Å²) in [5.74, 6) is -0.407. The van der Waals surface area contributed by atoms with E-state index in [0.29, 0.717) is 17.2 Å². The van der Waals surface area contributed by atoms with Crippen molar-refractivity contribution in [1.29, 1.82) is 0 Å². The molecule has 0 fully saturated rings. The van der Waals surface area contributed by atoms with Gasteiger partial charge in [-0.05, 0) is 40.6 Å². The molecule has 5 rings (SSSR count). The molecule has 0 saturated heterocycles. The van der Waals surface area contributed by atoms with E-state index in [-0.39, 0.29) is 10.2 Å². The van der Waals surface area contributed by atoms with E-state index in [9.17, 15) is 9.90 Å². The van der Waals surface area contributed by atoms with Gasteiger partial charge in [0.15, 0.2) is 22.8 Å². The average molecular weight is 437 g/mol. The molecular weight excluding hydrogens is 416 g/mol. The van der Waals surface area contributed by atoms with Crippen LogP contribution < -0.4 is 4.59 Å². The number of aromatic nitrogens is 4. The van der Waals surface area contributed by atoms with Crippen LogP contribution in [0.5, 0.6) is 0 Å². The number of nitrogens with one attached hydrogen (secondary N) is 1. The van der Waals surface area contributed by atoms with E-state index in [0.717, 1.165) is 27.9 Å². The summed E-state index contributed by atoms with van der Waals surface area (Å²) < 4.78 is 0.0357. The molecule has 8 nitrogen and oxygen atoms in total. The zero-order valence-corrected chi connectivity index (χ0v) is 18.1. The van der Waals surface area contributed by atoms with E-state index in [4.69, 9.17) is 5.10 Å². The molecule has 0 aliphatic carbocycles. The predicted octanol–water partition coefficient (Wildman–Crippen LogP) is 4.36. The Balaban J connectivity index is 1.62. The number of hydrogen-bond acceptors (Lipinski definition) is 5. The van der Waals surface area contributed by atoms with Gasteiger partial charge in [-0.3, -0.25) is 0 Å². The van der Waals surface area contributed by atoms with Gasteiger partial charge in [0.1, 0.15) is 12.8 Å². The summed E-state index contributed by atoms with van der Waals surface area (Å²) in [6.07, 6.45) is 0. The number of H-pyrrole nitrogens is 1. The van der Waals surface area contributed by atoms with Gasteiger partial charge in [-0.15, -0.1) is 9.69 Å². The fraction of sp³-hybridized carbons (Fsp3) is 0.0800. The first kappa shape index (κ1) is 20.5. The van der Waals surface area contributed by atoms with Crippen LogP contribution in [0.15, 0.2) is 89.5 Å². The van der Waals surface area contributed by atoms with E-state index < -0.39 is 5.97 Å². The first-order chi connectivity index (χ1) is 16.0. The number of carboxylic acids is 1. The number of aromatic amines is 1. The van der Waals surface area contributed by atoms with Crippen molar-refractivity contribution in [2.45, 2.75) is 6.92 Å². The maximum atomic E-state index is 12.2. The molecule has 1 aliphatic heterocycles. The van der Waals surface area contributed by atoms with Gasteiger partial charge >= 0.3 is 5.97 Å². The third-order valence-electron chi connectivity index (χ3n) is 5.85. The van der Waals surface area contributed by atoms with Gasteiger partial charge in [-0.2, -0.15) is 0 Å². The smallest absolute Gasteiger partial charge is 0.344 e. The molecule has 0 spiro atoms. The van der Waals surface area contributed by atoms with Gasteiger partial charge in [0.2, 0.25) is 0 Å². The van der Waals surface area contributed by atoms with Crippen molar-refractivity contribution >= 4 is 23.1 Å². The monoisotopic (exact) mass is 437 g/mol. The summed E-state index contributed by atoms with van der Waals surface area (Å²) in [4.78, 5) is 12.2. The lowest BCUT2D eigenvalue weighted by Gasteiger charge is -2.26. The van der Waals surface area contributed by atoms with Gasteiger partial charge in [0.25, 0.3) is 0 Å². The Kier molecular flexibility index (Phi) is 4.91. The van der Waals surface area contributed by atoms with Gasteiger partial charge in [-0.25, -0.2) is 9.89 Å². The molecule has 4 aromatic rings. The third-order valence-corrected chi connectivity index (χ3v) is 5.85. The Morgan fingerprint density at radius 1 is 0.879 bits per heavy atom. The number of tetrazole rings is 1. The highest BCUT2D eigenvalue weighted by atomic mass is 16.4. The summed E-state index contributed by atoms with van der Waals surface area (Å²) in [5, 5.41) is 29.0. The van der Waals surface area contributed by atoms with Crippen molar-refractivity contribution in [2.24, 2.45) is 5.10 Å². The highest BCUT2D eigenvalue weighted by molar-refractivity contribution is 6.26. The van der Waals surface area contributed by atoms with Gasteiger partial charge < -0.3 is 5.11 Å². The number of hydrogen-bond donors (Lipinski definition) is 2. The molecule has 3 aromatic carbocycles. The third kappa shape index (κ3) is 3.42. The van der Waals surface area contributed by atoms with E-state index in [1.54, 1.807) is 6.92 Å². The Morgan fingerprint density at radius 3 is 2.15 bits per heavy atom. The van der Waals surface area contributed by atoms with Crippen LogP contribution in [0.1, 0.15) is 12.5 Å². The summed E-state index contributed by atoms with van der Waals surface area (Å²) in [6, 6.07) is 25.4. The number of aliphatic carboxylic acids is 1. The van der Waals surface area contributed by atoms with Crippen LogP contribution in [0.2, 0.25) is 0 Å². The van der Waals surface area contributed by atoms with Crippen LogP contribution in [0.3, 0.4) is 0 Å². The standard InChI is InChI=1S/C25H20N6O2/c1-16-22(25(32)33)23(31(2,28-16)19-8-4-3-5-9-19)18-14-12-17(13-15-18)20-10-6-7-11-21(20)24-26-29-30-27-24/h3-15H,1-2H3,(H-,26,27,28,29,30,32,33)/p+1. The second-order valence-corrected chi connectivity index (χ2v) is 7.88. The van der Waals surface area contributed by atoms with Crippen molar-refractivity contribution in [1.82, 2.24) is 25.2 Å². The van der Waals surface area contributed by atoms with Gasteiger partial charge in [0.05, 0.1) is 0 Å². The molecule has 0 amide bonds. The lowest BCUT2D eigenvalue weighted by molar-refractivity contribution is -0.132. The lowest BCUT2D eigenvalue weighted by atomic mass is 9.96. The summed E-state index contributed by atoms with van der Waals surface area (Å²) in [5.41, 5.74) is 5.84. The molecule has 2 N–H and O–H groups in total. The second-order valence-electron chi connectivity index (χ2n) is 7.88. The van der Waals surface area contributed by atoms with Crippen LogP contribution in [0.4, 0.5) is 5.69 Å². The first-order valence-electron chi connectivity index (χ1n) is 10.4. The molecule has 33 heavy (non-hydrogen) atoms. The van der Waals surface area contributed by atoms with Crippen LogP contribution in [-0.2, 0) is 4.79 Å². The zero-order valence-electron chi connectivity index (χ0n) is 18.1. The Morgan fingerprint density at radius 2 is 1.52 bits per heavy atom. The highest BCUT2D eigenvalue weighted by Crippen LogP contribution is 2.41.